The van der Waals surface area contributed by atoms with Crippen LogP contribution in [0.4, 0.5) is 0 Å². The predicted molar refractivity (Wildman–Crippen MR) is 60.3 cm³/mol. The number of aromatic nitrogens is 1. The average molecular weight is 201 g/mol. The molecule has 15 heavy (non-hydrogen) atoms. The van der Waals surface area contributed by atoms with Crippen molar-refractivity contribution in [2.75, 3.05) is 13.1 Å². The maximum Gasteiger partial charge on any atom is 0.0300 e. The number of hydrogen-bond donors (Lipinski definition) is 0. The summed E-state index contributed by atoms with van der Waals surface area (Å²) in [6.07, 6.45) is 10.3. The molecule has 1 atom stereocenters. The SMILES string of the molecule is [CH]1C2CCN(CC2)C1Cc1cccnc1. The van der Waals surface area contributed by atoms with E-state index >= 15 is 0 Å². The van der Waals surface area contributed by atoms with E-state index in [1.54, 1.807) is 0 Å². The van der Waals surface area contributed by atoms with Gasteiger partial charge in [0, 0.05) is 18.4 Å². The van der Waals surface area contributed by atoms with Crippen molar-refractivity contribution in [3.8, 4) is 0 Å². The van der Waals surface area contributed by atoms with Crippen LogP contribution in [-0.4, -0.2) is 29.0 Å². The smallest absolute Gasteiger partial charge is 0.0300 e. The average Bonchev–Trinajstić information content (AvgIpc) is 2.32. The standard InChI is InChI=1S/C13H17N2/c1-2-12(10-14-5-1)9-13-8-11-3-6-15(13)7-4-11/h1-2,5,8,10-11,13H,3-4,6-7,9H2. The first-order chi connectivity index (χ1) is 7.42. The van der Waals surface area contributed by atoms with Gasteiger partial charge >= 0.3 is 0 Å². The van der Waals surface area contributed by atoms with Crippen molar-refractivity contribution in [2.45, 2.75) is 25.3 Å². The summed E-state index contributed by atoms with van der Waals surface area (Å²) in [5, 5.41) is 0. The Morgan fingerprint density at radius 2 is 2.20 bits per heavy atom. The molecule has 3 aliphatic rings. The molecule has 1 radical (unpaired) electrons. The Balaban J connectivity index is 1.69. The Hall–Kier alpha value is -0.890. The van der Waals surface area contributed by atoms with Crippen molar-refractivity contribution in [3.05, 3.63) is 36.5 Å². The van der Waals surface area contributed by atoms with E-state index in [9.17, 15) is 0 Å². The topological polar surface area (TPSA) is 16.1 Å². The van der Waals surface area contributed by atoms with Crippen LogP contribution >= 0.6 is 0 Å². The molecule has 3 fully saturated rings. The molecule has 2 bridgehead atoms. The van der Waals surface area contributed by atoms with Crippen LogP contribution in [-0.2, 0) is 6.42 Å². The summed E-state index contributed by atoms with van der Waals surface area (Å²) in [7, 11) is 0. The van der Waals surface area contributed by atoms with Crippen molar-refractivity contribution in [1.29, 1.82) is 0 Å². The lowest BCUT2D eigenvalue weighted by atomic mass is 9.81. The van der Waals surface area contributed by atoms with Gasteiger partial charge in [-0.05, 0) is 56.3 Å². The van der Waals surface area contributed by atoms with Crippen molar-refractivity contribution < 1.29 is 0 Å². The third-order valence-corrected chi connectivity index (χ3v) is 3.71. The van der Waals surface area contributed by atoms with Crippen LogP contribution in [0.2, 0.25) is 0 Å². The molecule has 3 aliphatic heterocycles. The minimum Gasteiger partial charge on any atom is -0.300 e. The Morgan fingerprint density at radius 3 is 2.80 bits per heavy atom. The minimum absolute atomic E-state index is 0.668. The third kappa shape index (κ3) is 1.91. The van der Waals surface area contributed by atoms with Gasteiger partial charge in [-0.3, -0.25) is 9.88 Å². The highest BCUT2D eigenvalue weighted by molar-refractivity contribution is 5.14. The third-order valence-electron chi connectivity index (χ3n) is 3.71. The largest absolute Gasteiger partial charge is 0.300 e. The van der Waals surface area contributed by atoms with E-state index in [1.807, 2.05) is 18.5 Å². The lowest BCUT2D eigenvalue weighted by molar-refractivity contribution is 0.0979. The number of rotatable bonds is 2. The Bertz CT molecular complexity index is 315. The van der Waals surface area contributed by atoms with E-state index < -0.39 is 0 Å². The normalized spacial score (nSPS) is 34.3. The Morgan fingerprint density at radius 1 is 1.33 bits per heavy atom. The molecule has 79 valence electrons. The molecular weight excluding hydrogens is 184 g/mol. The van der Waals surface area contributed by atoms with E-state index in [1.165, 1.54) is 31.5 Å². The zero-order valence-corrected chi connectivity index (χ0v) is 8.97. The summed E-state index contributed by atoms with van der Waals surface area (Å²) in [4.78, 5) is 6.80. The zero-order chi connectivity index (χ0) is 10.1. The van der Waals surface area contributed by atoms with Crippen molar-refractivity contribution in [3.63, 3.8) is 0 Å². The van der Waals surface area contributed by atoms with Gasteiger partial charge < -0.3 is 0 Å². The zero-order valence-electron chi connectivity index (χ0n) is 8.97. The maximum atomic E-state index is 4.18. The first kappa shape index (κ1) is 9.34. The van der Waals surface area contributed by atoms with Gasteiger partial charge in [0.2, 0.25) is 0 Å². The number of fused-ring (bicyclic) bond motifs is 3. The molecule has 4 rings (SSSR count). The molecule has 1 unspecified atom stereocenters. The van der Waals surface area contributed by atoms with Gasteiger partial charge in [-0.25, -0.2) is 0 Å². The summed E-state index contributed by atoms with van der Waals surface area (Å²) in [6.45, 7) is 2.60. The number of pyridine rings is 1. The Labute approximate surface area is 91.3 Å². The van der Waals surface area contributed by atoms with Crippen LogP contribution < -0.4 is 0 Å². The molecular formula is C13H17N2. The van der Waals surface area contributed by atoms with Crippen LogP contribution in [0.1, 0.15) is 18.4 Å². The van der Waals surface area contributed by atoms with Gasteiger partial charge in [-0.15, -0.1) is 0 Å². The van der Waals surface area contributed by atoms with Crippen LogP contribution in [0.5, 0.6) is 0 Å². The molecule has 1 aromatic rings. The van der Waals surface area contributed by atoms with Gasteiger partial charge in [0.1, 0.15) is 0 Å². The van der Waals surface area contributed by atoms with Crippen molar-refractivity contribution >= 4 is 0 Å². The maximum absolute atomic E-state index is 4.18. The lowest BCUT2D eigenvalue weighted by Crippen LogP contribution is -2.50. The monoisotopic (exact) mass is 201 g/mol. The minimum atomic E-state index is 0.668. The summed E-state index contributed by atoms with van der Waals surface area (Å²) in [6, 6.07) is 4.89. The molecule has 1 aromatic heterocycles. The molecule has 2 heteroatoms. The lowest BCUT2D eigenvalue weighted by Gasteiger charge is -2.45. The van der Waals surface area contributed by atoms with E-state index in [-0.39, 0.29) is 0 Å². The van der Waals surface area contributed by atoms with Crippen LogP contribution in [0, 0.1) is 12.3 Å². The summed E-state index contributed by atoms with van der Waals surface area (Å²) >= 11 is 0. The molecule has 0 spiro atoms. The van der Waals surface area contributed by atoms with E-state index in [4.69, 9.17) is 0 Å². The second-order valence-corrected chi connectivity index (χ2v) is 4.70. The summed E-state index contributed by atoms with van der Waals surface area (Å²) in [5.41, 5.74) is 1.37. The fourth-order valence-corrected chi connectivity index (χ4v) is 2.84. The van der Waals surface area contributed by atoms with Crippen molar-refractivity contribution in [1.82, 2.24) is 9.88 Å². The van der Waals surface area contributed by atoms with Gasteiger partial charge in [0.15, 0.2) is 0 Å². The van der Waals surface area contributed by atoms with Crippen LogP contribution in [0.15, 0.2) is 24.5 Å². The van der Waals surface area contributed by atoms with Gasteiger partial charge in [-0.1, -0.05) is 6.07 Å². The first-order valence-electron chi connectivity index (χ1n) is 5.90. The van der Waals surface area contributed by atoms with E-state index in [0.717, 1.165) is 12.3 Å². The molecule has 0 saturated carbocycles. The highest BCUT2D eigenvalue weighted by atomic mass is 15.2. The van der Waals surface area contributed by atoms with Crippen LogP contribution in [0.25, 0.3) is 0 Å². The van der Waals surface area contributed by atoms with Gasteiger partial charge in [-0.2, -0.15) is 0 Å². The van der Waals surface area contributed by atoms with Crippen LogP contribution in [0.3, 0.4) is 0 Å². The number of nitrogens with zero attached hydrogens (tertiary/aromatic N) is 2. The highest BCUT2D eigenvalue weighted by Gasteiger charge is 2.33. The Kier molecular flexibility index (Phi) is 2.45. The second-order valence-electron chi connectivity index (χ2n) is 4.70. The van der Waals surface area contributed by atoms with Crippen molar-refractivity contribution in [2.24, 2.45) is 5.92 Å². The molecule has 0 aromatic carbocycles. The van der Waals surface area contributed by atoms with E-state index in [0.29, 0.717) is 6.04 Å². The molecule has 3 saturated heterocycles. The second kappa shape index (κ2) is 3.93. The summed E-state index contributed by atoms with van der Waals surface area (Å²) in [5.74, 6) is 0.886. The molecule has 4 heterocycles. The first-order valence-corrected chi connectivity index (χ1v) is 5.90. The fourth-order valence-electron chi connectivity index (χ4n) is 2.84. The predicted octanol–water partition coefficient (Wildman–Crippen LogP) is 1.92. The van der Waals surface area contributed by atoms with Gasteiger partial charge in [0.25, 0.3) is 0 Å². The molecule has 0 N–H and O–H groups in total. The number of piperidine rings is 3. The van der Waals surface area contributed by atoms with E-state index in [2.05, 4.69) is 22.4 Å². The summed E-state index contributed by atoms with van der Waals surface area (Å²) < 4.78 is 0. The van der Waals surface area contributed by atoms with Gasteiger partial charge in [0.05, 0.1) is 0 Å². The quantitative estimate of drug-likeness (QED) is 0.726. The highest BCUT2D eigenvalue weighted by Crippen LogP contribution is 2.32. The molecule has 2 nitrogen and oxygen atoms in total. The molecule has 0 amide bonds. The number of hydrogen-bond acceptors (Lipinski definition) is 2. The fraction of sp³-hybridized carbons (Fsp3) is 0.538. The molecule has 0 aliphatic carbocycles.